The first-order chi connectivity index (χ1) is 23.8. The average Bonchev–Trinajstić information content (AvgIpc) is 3.98. The fraction of sp³-hybridized carbons (Fsp3) is 0. The zero-order valence-electron chi connectivity index (χ0n) is 25.9. The molecule has 9 heteroatoms. The van der Waals surface area contributed by atoms with Crippen LogP contribution in [0.2, 0.25) is 0 Å². The molecule has 0 saturated heterocycles. The molecule has 49 heavy (non-hydrogen) atoms. The molecule has 0 aromatic carbocycles. The molecule has 0 fully saturated rings. The van der Waals surface area contributed by atoms with E-state index < -0.39 is 0 Å². The number of aromatic nitrogens is 8. The van der Waals surface area contributed by atoms with Gasteiger partial charge in [0.05, 0.1) is 22.8 Å². The summed E-state index contributed by atoms with van der Waals surface area (Å²) in [5, 5.41) is 0. The molecule has 0 unspecified atom stereocenters. The standard InChI is InChI=1S/C40H26N8.Ru/c1-2-30-38(26-11-19-42-20-12-26)32-5-6-34(47-32)40(28-15-23-44-24-16-28)36-8-7-35(48-36)39(27-13-21-43-22-14-27)33-4-3-31(46-33)37(29(1)45-30)25-9-17-41-18-10-25;/h1-24,45,48H;/q;+2. The minimum absolute atomic E-state index is 0. The number of nitrogens with one attached hydrogen (secondary N) is 2. The van der Waals surface area contributed by atoms with Crippen molar-refractivity contribution in [2.24, 2.45) is 0 Å². The second kappa shape index (κ2) is 12.8. The second-order valence-corrected chi connectivity index (χ2v) is 11.4. The van der Waals surface area contributed by atoms with E-state index in [2.05, 4.69) is 78.5 Å². The Balaban J connectivity index is 0.00000348. The molecule has 9 rings (SSSR count). The van der Waals surface area contributed by atoms with Gasteiger partial charge in [0.25, 0.3) is 0 Å². The summed E-state index contributed by atoms with van der Waals surface area (Å²) in [6, 6.07) is 24.6. The van der Waals surface area contributed by atoms with Crippen LogP contribution < -0.4 is 0 Å². The van der Waals surface area contributed by atoms with E-state index in [0.29, 0.717) is 0 Å². The Hall–Kier alpha value is -6.18. The Bertz CT molecular complexity index is 2190. The minimum Gasteiger partial charge on any atom is -0.354 e. The van der Waals surface area contributed by atoms with Crippen LogP contribution in [0.15, 0.2) is 122 Å². The van der Waals surface area contributed by atoms with E-state index >= 15 is 0 Å². The maximum atomic E-state index is 5.29. The van der Waals surface area contributed by atoms with E-state index in [-0.39, 0.29) is 19.5 Å². The van der Waals surface area contributed by atoms with Crippen molar-refractivity contribution in [3.05, 3.63) is 145 Å². The Morgan fingerprint density at radius 2 is 0.531 bits per heavy atom. The van der Waals surface area contributed by atoms with Gasteiger partial charge in [0.2, 0.25) is 0 Å². The third-order valence-corrected chi connectivity index (χ3v) is 8.63. The summed E-state index contributed by atoms with van der Waals surface area (Å²) in [5.41, 5.74) is 15.0. The van der Waals surface area contributed by atoms with E-state index in [4.69, 9.17) is 9.97 Å². The molecule has 2 aliphatic heterocycles. The number of rotatable bonds is 4. The number of pyridine rings is 4. The van der Waals surface area contributed by atoms with Crippen LogP contribution in [-0.4, -0.2) is 39.9 Å². The summed E-state index contributed by atoms with van der Waals surface area (Å²) in [4.78, 5) is 35.2. The summed E-state index contributed by atoms with van der Waals surface area (Å²) in [6.07, 6.45) is 22.8. The smallest absolute Gasteiger partial charge is 0.354 e. The molecule has 9 heterocycles. The molecule has 0 spiro atoms. The molecule has 2 aliphatic rings. The van der Waals surface area contributed by atoms with Crippen molar-refractivity contribution in [3.63, 3.8) is 0 Å². The van der Waals surface area contributed by atoms with Crippen LogP contribution >= 0.6 is 0 Å². The van der Waals surface area contributed by atoms with Gasteiger partial charge in [0.15, 0.2) is 0 Å². The van der Waals surface area contributed by atoms with E-state index in [9.17, 15) is 0 Å². The summed E-state index contributed by atoms with van der Waals surface area (Å²) in [6.45, 7) is 0. The molecule has 2 N–H and O–H groups in total. The zero-order valence-corrected chi connectivity index (χ0v) is 27.6. The van der Waals surface area contributed by atoms with E-state index in [1.165, 1.54) is 0 Å². The number of hydrogen-bond acceptors (Lipinski definition) is 6. The number of aromatic amines is 2. The van der Waals surface area contributed by atoms with Gasteiger partial charge in [0.1, 0.15) is 0 Å². The minimum atomic E-state index is 0. The van der Waals surface area contributed by atoms with Crippen LogP contribution in [0.25, 0.3) is 90.9 Å². The molecule has 0 saturated carbocycles. The van der Waals surface area contributed by atoms with Crippen LogP contribution in [0.1, 0.15) is 22.8 Å². The molecule has 7 aromatic heterocycles. The van der Waals surface area contributed by atoms with Crippen LogP contribution in [0.3, 0.4) is 0 Å². The average molecular weight is 720 g/mol. The fourth-order valence-corrected chi connectivity index (χ4v) is 6.49. The van der Waals surface area contributed by atoms with Gasteiger partial charge in [-0.1, -0.05) is 0 Å². The van der Waals surface area contributed by atoms with Gasteiger partial charge < -0.3 is 9.97 Å². The summed E-state index contributed by atoms with van der Waals surface area (Å²) in [7, 11) is 0. The summed E-state index contributed by atoms with van der Waals surface area (Å²) in [5.74, 6) is 0. The topological polar surface area (TPSA) is 109 Å². The third kappa shape index (κ3) is 5.50. The monoisotopic (exact) mass is 720 g/mol. The zero-order chi connectivity index (χ0) is 31.9. The second-order valence-electron chi connectivity index (χ2n) is 11.4. The molecule has 232 valence electrons. The van der Waals surface area contributed by atoms with Crippen molar-refractivity contribution in [1.29, 1.82) is 0 Å². The van der Waals surface area contributed by atoms with Crippen molar-refractivity contribution in [1.82, 2.24) is 39.9 Å². The van der Waals surface area contributed by atoms with Gasteiger partial charge in [-0.25, -0.2) is 9.97 Å². The molecule has 0 amide bonds. The molecule has 0 atom stereocenters. The van der Waals surface area contributed by atoms with Crippen LogP contribution in [-0.2, 0) is 19.5 Å². The third-order valence-electron chi connectivity index (χ3n) is 8.63. The van der Waals surface area contributed by atoms with Gasteiger partial charge in [-0.05, 0) is 119 Å². The number of H-pyrrole nitrogens is 2. The Morgan fingerprint density at radius 3 is 0.755 bits per heavy atom. The predicted octanol–water partition coefficient (Wildman–Crippen LogP) is 8.90. The fourth-order valence-electron chi connectivity index (χ4n) is 6.49. The quantitative estimate of drug-likeness (QED) is 0.176. The van der Waals surface area contributed by atoms with E-state index in [0.717, 1.165) is 89.4 Å². The maximum Gasteiger partial charge on any atom is 2.00 e. The molecular weight excluding hydrogens is 694 g/mol. The van der Waals surface area contributed by atoms with Gasteiger partial charge in [0, 0.05) is 93.9 Å². The summed E-state index contributed by atoms with van der Waals surface area (Å²) < 4.78 is 0. The van der Waals surface area contributed by atoms with Crippen molar-refractivity contribution >= 4 is 46.4 Å². The van der Waals surface area contributed by atoms with Gasteiger partial charge in [-0.15, -0.1) is 0 Å². The summed E-state index contributed by atoms with van der Waals surface area (Å²) >= 11 is 0. The molecular formula is C40H26N8Ru+2. The molecule has 0 aliphatic carbocycles. The molecule has 8 bridgehead atoms. The Morgan fingerprint density at radius 1 is 0.306 bits per heavy atom. The van der Waals surface area contributed by atoms with Crippen molar-refractivity contribution in [2.75, 3.05) is 0 Å². The molecule has 7 aromatic rings. The van der Waals surface area contributed by atoms with E-state index in [1.807, 2.05) is 98.1 Å². The maximum absolute atomic E-state index is 5.29. The molecule has 0 radical (unpaired) electrons. The first kappa shape index (κ1) is 30.2. The van der Waals surface area contributed by atoms with Crippen LogP contribution in [0.5, 0.6) is 0 Å². The van der Waals surface area contributed by atoms with Crippen LogP contribution in [0.4, 0.5) is 0 Å². The Kier molecular flexibility index (Phi) is 7.88. The largest absolute Gasteiger partial charge is 2.00 e. The molecule has 8 nitrogen and oxygen atoms in total. The van der Waals surface area contributed by atoms with Crippen LogP contribution in [0, 0.1) is 0 Å². The first-order valence-corrected chi connectivity index (χ1v) is 15.6. The number of fused-ring (bicyclic) bond motifs is 8. The van der Waals surface area contributed by atoms with E-state index in [1.54, 1.807) is 0 Å². The van der Waals surface area contributed by atoms with Gasteiger partial charge in [-0.2, -0.15) is 0 Å². The van der Waals surface area contributed by atoms with Crippen molar-refractivity contribution in [3.8, 4) is 44.5 Å². The first-order valence-electron chi connectivity index (χ1n) is 15.6. The van der Waals surface area contributed by atoms with Crippen molar-refractivity contribution < 1.29 is 19.5 Å². The normalized spacial score (nSPS) is 11.8. The SMILES string of the molecule is C1=Cc2nc1c(-c1ccncc1)c1ccc([nH]1)c(-c1ccncc1)c1nc(c(-c3ccncc3)c3ccc([nH]3)c2-c2ccncc2)C=C1.[Ru+2]. The number of nitrogens with zero attached hydrogens (tertiary/aromatic N) is 6. The van der Waals surface area contributed by atoms with Gasteiger partial charge in [-0.3, -0.25) is 19.9 Å². The predicted molar refractivity (Wildman–Crippen MR) is 192 cm³/mol. The number of hydrogen-bond donors (Lipinski definition) is 2. The van der Waals surface area contributed by atoms with Crippen molar-refractivity contribution in [2.45, 2.75) is 0 Å². The van der Waals surface area contributed by atoms with Gasteiger partial charge >= 0.3 is 19.5 Å². The Labute approximate surface area is 294 Å².